The number of aliphatic hydroxyl groups excluding tert-OH is 1. The molecule has 0 saturated heterocycles. The number of carbonyl (C=O) groups excluding carboxylic acids is 1. The third-order valence-electron chi connectivity index (χ3n) is 2.93. The number of aliphatic hydroxyl groups is 1. The van der Waals surface area contributed by atoms with Gasteiger partial charge in [-0.3, -0.25) is 4.79 Å². The molecule has 110 valence electrons. The summed E-state index contributed by atoms with van der Waals surface area (Å²) < 4.78 is 0. The molecule has 1 unspecified atom stereocenters. The van der Waals surface area contributed by atoms with Gasteiger partial charge in [0.05, 0.1) is 10.3 Å². The highest BCUT2D eigenvalue weighted by Gasteiger charge is 2.15. The number of aromatic nitrogens is 1. The summed E-state index contributed by atoms with van der Waals surface area (Å²) in [6, 6.07) is 13.1. The maximum atomic E-state index is 12.1. The van der Waals surface area contributed by atoms with Crippen LogP contribution in [0.4, 0.5) is 5.69 Å². The zero-order chi connectivity index (χ0) is 15.1. The lowest BCUT2D eigenvalue weighted by molar-refractivity contribution is -0.115. The van der Waals surface area contributed by atoms with Crippen LogP contribution in [0.5, 0.6) is 0 Å². The van der Waals surface area contributed by atoms with E-state index in [4.69, 9.17) is 5.11 Å². The second-order valence-electron chi connectivity index (χ2n) is 4.59. The Morgan fingerprint density at radius 1 is 1.29 bits per heavy atom. The van der Waals surface area contributed by atoms with Crippen molar-refractivity contribution in [3.05, 3.63) is 54.2 Å². The lowest BCUT2D eigenvalue weighted by Gasteiger charge is -2.11. The van der Waals surface area contributed by atoms with Gasteiger partial charge in [0.1, 0.15) is 0 Å². The predicted molar refractivity (Wildman–Crippen MR) is 85.4 cm³/mol. The van der Waals surface area contributed by atoms with Crippen molar-refractivity contribution in [2.24, 2.45) is 0 Å². The van der Waals surface area contributed by atoms with Gasteiger partial charge in [0.2, 0.25) is 5.91 Å². The van der Waals surface area contributed by atoms with Crippen molar-refractivity contribution < 1.29 is 9.90 Å². The van der Waals surface area contributed by atoms with Gasteiger partial charge in [-0.25, -0.2) is 4.98 Å². The van der Waals surface area contributed by atoms with Crippen LogP contribution in [0.1, 0.15) is 12.5 Å². The van der Waals surface area contributed by atoms with Gasteiger partial charge >= 0.3 is 0 Å². The average molecular weight is 302 g/mol. The van der Waals surface area contributed by atoms with Crippen molar-refractivity contribution >= 4 is 23.4 Å². The number of hydrogen-bond donors (Lipinski definition) is 2. The van der Waals surface area contributed by atoms with E-state index < -0.39 is 0 Å². The fraction of sp³-hybridized carbons (Fsp3) is 0.250. The molecule has 0 aliphatic rings. The summed E-state index contributed by atoms with van der Waals surface area (Å²) in [4.78, 5) is 16.3. The summed E-state index contributed by atoms with van der Waals surface area (Å²) in [7, 11) is 0. The van der Waals surface area contributed by atoms with Gasteiger partial charge in [0, 0.05) is 18.5 Å². The van der Waals surface area contributed by atoms with Crippen LogP contribution in [0.3, 0.4) is 0 Å². The fourth-order valence-electron chi connectivity index (χ4n) is 1.78. The zero-order valence-corrected chi connectivity index (χ0v) is 12.6. The van der Waals surface area contributed by atoms with Crippen LogP contribution in [0, 0.1) is 0 Å². The van der Waals surface area contributed by atoms with Crippen LogP contribution in [0.15, 0.2) is 53.7 Å². The third-order valence-corrected chi connectivity index (χ3v) is 3.98. The highest BCUT2D eigenvalue weighted by atomic mass is 32.2. The van der Waals surface area contributed by atoms with Crippen LogP contribution in [-0.2, 0) is 11.2 Å². The van der Waals surface area contributed by atoms with Gasteiger partial charge in [-0.15, -0.1) is 0 Å². The zero-order valence-electron chi connectivity index (χ0n) is 11.8. The predicted octanol–water partition coefficient (Wildman–Crippen LogP) is 2.74. The molecule has 5 heteroatoms. The van der Waals surface area contributed by atoms with E-state index in [1.54, 1.807) is 6.20 Å². The minimum atomic E-state index is -0.225. The summed E-state index contributed by atoms with van der Waals surface area (Å²) in [5.74, 6) is -0.0550. The molecule has 0 radical (unpaired) electrons. The van der Waals surface area contributed by atoms with Gasteiger partial charge in [0.15, 0.2) is 0 Å². The number of carbonyl (C=O) groups is 1. The van der Waals surface area contributed by atoms with E-state index in [1.165, 1.54) is 11.8 Å². The van der Waals surface area contributed by atoms with Gasteiger partial charge in [-0.05, 0) is 43.2 Å². The molecule has 1 amide bonds. The molecule has 0 bridgehead atoms. The van der Waals surface area contributed by atoms with Crippen molar-refractivity contribution in [1.29, 1.82) is 0 Å². The average Bonchev–Trinajstić information content (AvgIpc) is 2.50. The van der Waals surface area contributed by atoms with Crippen molar-refractivity contribution in [3.63, 3.8) is 0 Å². The first-order valence-electron chi connectivity index (χ1n) is 6.77. The Balaban J connectivity index is 1.91. The van der Waals surface area contributed by atoms with E-state index in [1.807, 2.05) is 49.4 Å². The Bertz CT molecular complexity index is 573. The molecule has 2 aromatic rings. The quantitative estimate of drug-likeness (QED) is 0.805. The Labute approximate surface area is 128 Å². The van der Waals surface area contributed by atoms with Crippen molar-refractivity contribution in [2.75, 3.05) is 11.9 Å². The number of nitrogens with one attached hydrogen (secondary N) is 1. The van der Waals surface area contributed by atoms with Crippen LogP contribution < -0.4 is 5.32 Å². The van der Waals surface area contributed by atoms with Gasteiger partial charge in [0.25, 0.3) is 0 Å². The third kappa shape index (κ3) is 4.88. The molecule has 1 heterocycles. The number of benzene rings is 1. The molecular weight excluding hydrogens is 284 g/mol. The topological polar surface area (TPSA) is 62.2 Å². The first-order chi connectivity index (χ1) is 10.2. The number of pyridine rings is 1. The van der Waals surface area contributed by atoms with Crippen molar-refractivity contribution in [1.82, 2.24) is 4.98 Å². The van der Waals surface area contributed by atoms with Crippen LogP contribution in [-0.4, -0.2) is 27.9 Å². The molecule has 1 aromatic carbocycles. The van der Waals surface area contributed by atoms with Crippen molar-refractivity contribution in [3.8, 4) is 0 Å². The molecule has 2 N–H and O–H groups in total. The second-order valence-corrected chi connectivity index (χ2v) is 5.95. The molecule has 0 spiro atoms. The molecule has 1 aromatic heterocycles. The summed E-state index contributed by atoms with van der Waals surface area (Å²) in [5.41, 5.74) is 1.81. The highest BCUT2D eigenvalue weighted by Crippen LogP contribution is 2.21. The van der Waals surface area contributed by atoms with E-state index in [0.717, 1.165) is 16.3 Å². The SMILES string of the molecule is CC(Sc1ccccn1)C(=O)Nc1ccc(CCO)cc1. The highest BCUT2D eigenvalue weighted by molar-refractivity contribution is 8.00. The summed E-state index contributed by atoms with van der Waals surface area (Å²) in [6.45, 7) is 1.98. The van der Waals surface area contributed by atoms with Crippen LogP contribution >= 0.6 is 11.8 Å². The number of amides is 1. The molecule has 0 aliphatic heterocycles. The Kier molecular flexibility index (Phi) is 5.78. The minimum absolute atomic E-state index is 0.0550. The number of anilines is 1. The summed E-state index contributed by atoms with van der Waals surface area (Å²) >= 11 is 1.43. The number of rotatable bonds is 6. The number of hydrogen-bond acceptors (Lipinski definition) is 4. The van der Waals surface area contributed by atoms with Crippen molar-refractivity contribution in [2.45, 2.75) is 23.6 Å². The Morgan fingerprint density at radius 2 is 2.05 bits per heavy atom. The maximum Gasteiger partial charge on any atom is 0.237 e. The maximum absolute atomic E-state index is 12.1. The molecule has 0 aliphatic carbocycles. The standard InChI is InChI=1S/C16H18N2O2S/c1-12(21-15-4-2-3-10-17-15)16(20)18-14-7-5-13(6-8-14)9-11-19/h2-8,10,12,19H,9,11H2,1H3,(H,18,20). The molecular formula is C16H18N2O2S. The van der Waals surface area contributed by atoms with Gasteiger partial charge in [-0.2, -0.15) is 0 Å². The smallest absolute Gasteiger partial charge is 0.237 e. The molecule has 21 heavy (non-hydrogen) atoms. The fourth-order valence-corrected chi connectivity index (χ4v) is 2.59. The Morgan fingerprint density at radius 3 is 2.67 bits per heavy atom. The van der Waals surface area contributed by atoms with E-state index >= 15 is 0 Å². The first-order valence-corrected chi connectivity index (χ1v) is 7.65. The number of thioether (sulfide) groups is 1. The van der Waals surface area contributed by atoms with E-state index in [2.05, 4.69) is 10.3 Å². The largest absolute Gasteiger partial charge is 0.396 e. The molecule has 0 fully saturated rings. The monoisotopic (exact) mass is 302 g/mol. The first kappa shape index (κ1) is 15.5. The second kappa shape index (κ2) is 7.81. The van der Waals surface area contributed by atoms with E-state index in [9.17, 15) is 4.79 Å². The normalized spacial score (nSPS) is 11.9. The lowest BCUT2D eigenvalue weighted by atomic mass is 10.1. The Hall–Kier alpha value is -1.85. The number of nitrogens with zero attached hydrogens (tertiary/aromatic N) is 1. The summed E-state index contributed by atoms with van der Waals surface area (Å²) in [5, 5.41) is 12.4. The minimum Gasteiger partial charge on any atom is -0.396 e. The van der Waals surface area contributed by atoms with E-state index in [0.29, 0.717) is 6.42 Å². The molecule has 4 nitrogen and oxygen atoms in total. The van der Waals surface area contributed by atoms with Gasteiger partial charge in [-0.1, -0.05) is 30.0 Å². The molecule has 1 atom stereocenters. The van der Waals surface area contributed by atoms with Crippen LogP contribution in [0.25, 0.3) is 0 Å². The van der Waals surface area contributed by atoms with E-state index in [-0.39, 0.29) is 17.8 Å². The van der Waals surface area contributed by atoms with Gasteiger partial charge < -0.3 is 10.4 Å². The molecule has 0 saturated carbocycles. The molecule has 2 rings (SSSR count). The van der Waals surface area contributed by atoms with Crippen LogP contribution in [0.2, 0.25) is 0 Å². The lowest BCUT2D eigenvalue weighted by Crippen LogP contribution is -2.22. The summed E-state index contributed by atoms with van der Waals surface area (Å²) in [6.07, 6.45) is 2.34.